The molecule has 72 valence electrons. The van der Waals surface area contributed by atoms with Gasteiger partial charge in [-0.15, -0.1) is 0 Å². The van der Waals surface area contributed by atoms with Crippen LogP contribution in [0.5, 0.6) is 0 Å². The predicted octanol–water partition coefficient (Wildman–Crippen LogP) is 2.94. The van der Waals surface area contributed by atoms with Crippen LogP contribution in [0.4, 0.5) is 0 Å². The average molecular weight is 178 g/mol. The van der Waals surface area contributed by atoms with Gasteiger partial charge in [0.2, 0.25) is 0 Å². The maximum Gasteiger partial charge on any atom is 0.139 e. The average Bonchev–Trinajstić information content (AvgIpc) is 2.17. The van der Waals surface area contributed by atoms with Crippen LogP contribution in [-0.4, -0.2) is 5.78 Å². The van der Waals surface area contributed by atoms with Crippen LogP contribution in [0.3, 0.4) is 0 Å². The van der Waals surface area contributed by atoms with Gasteiger partial charge in [0.15, 0.2) is 0 Å². The Kier molecular flexibility index (Phi) is 1.59. The molecule has 0 heterocycles. The maximum atomic E-state index is 12.0. The minimum Gasteiger partial charge on any atom is -0.299 e. The van der Waals surface area contributed by atoms with Gasteiger partial charge in [0, 0.05) is 11.8 Å². The molecule has 0 aliphatic heterocycles. The van der Waals surface area contributed by atoms with Crippen LogP contribution in [0, 0.1) is 17.3 Å². The molecule has 3 unspecified atom stereocenters. The van der Waals surface area contributed by atoms with Gasteiger partial charge in [-0.1, -0.05) is 12.8 Å². The fraction of sp³-hybridized carbons (Fsp3) is 0.917. The van der Waals surface area contributed by atoms with Crippen molar-refractivity contribution < 1.29 is 4.79 Å². The normalized spacial score (nSPS) is 49.1. The largest absolute Gasteiger partial charge is 0.299 e. The Labute approximate surface area is 79.9 Å². The first-order valence-corrected chi connectivity index (χ1v) is 5.84. The van der Waals surface area contributed by atoms with Gasteiger partial charge >= 0.3 is 0 Å². The Morgan fingerprint density at radius 2 is 2.08 bits per heavy atom. The van der Waals surface area contributed by atoms with E-state index >= 15 is 0 Å². The second kappa shape index (κ2) is 2.59. The maximum absolute atomic E-state index is 12.0. The van der Waals surface area contributed by atoms with Crippen LogP contribution >= 0.6 is 0 Å². The molecule has 4 fully saturated rings. The summed E-state index contributed by atoms with van der Waals surface area (Å²) in [4.78, 5) is 12.0. The lowest BCUT2D eigenvalue weighted by molar-refractivity contribution is -0.148. The summed E-state index contributed by atoms with van der Waals surface area (Å²) in [5, 5.41) is 0. The summed E-state index contributed by atoms with van der Waals surface area (Å²) in [6, 6.07) is 0. The molecule has 1 heteroatoms. The van der Waals surface area contributed by atoms with Gasteiger partial charge in [-0.3, -0.25) is 4.79 Å². The summed E-state index contributed by atoms with van der Waals surface area (Å²) in [7, 11) is 0. The van der Waals surface area contributed by atoms with Crippen molar-refractivity contribution in [1.29, 1.82) is 0 Å². The molecule has 1 spiro atoms. The molecule has 0 aromatic rings. The van der Waals surface area contributed by atoms with Crippen LogP contribution < -0.4 is 0 Å². The van der Waals surface area contributed by atoms with E-state index in [1.807, 2.05) is 0 Å². The molecule has 3 atom stereocenters. The number of carbonyl (C=O) groups is 1. The Morgan fingerprint density at radius 1 is 1.15 bits per heavy atom. The number of Topliss-reactive ketones (excluding diaryl/α,β-unsaturated/α-hetero) is 1. The van der Waals surface area contributed by atoms with E-state index in [0.717, 1.165) is 18.3 Å². The van der Waals surface area contributed by atoms with Crippen molar-refractivity contribution in [3.8, 4) is 0 Å². The van der Waals surface area contributed by atoms with Crippen molar-refractivity contribution in [1.82, 2.24) is 0 Å². The quantitative estimate of drug-likeness (QED) is 0.557. The van der Waals surface area contributed by atoms with Gasteiger partial charge in [0.25, 0.3) is 0 Å². The van der Waals surface area contributed by atoms with Crippen LogP contribution in [0.1, 0.15) is 51.4 Å². The summed E-state index contributed by atoms with van der Waals surface area (Å²) in [5.41, 5.74) is 0.201. The third kappa shape index (κ3) is 0.963. The molecule has 4 rings (SSSR count). The lowest BCUT2D eigenvalue weighted by Gasteiger charge is -2.53. The van der Waals surface area contributed by atoms with E-state index in [2.05, 4.69) is 0 Å². The van der Waals surface area contributed by atoms with Gasteiger partial charge in [-0.05, 0) is 43.9 Å². The number of rotatable bonds is 0. The number of hydrogen-bond donors (Lipinski definition) is 0. The van der Waals surface area contributed by atoms with E-state index in [0.29, 0.717) is 5.78 Å². The molecule has 13 heavy (non-hydrogen) atoms. The number of ketones is 1. The predicted molar refractivity (Wildman–Crippen MR) is 51.4 cm³/mol. The van der Waals surface area contributed by atoms with E-state index in [9.17, 15) is 4.79 Å². The van der Waals surface area contributed by atoms with Crippen molar-refractivity contribution in [2.45, 2.75) is 51.4 Å². The van der Waals surface area contributed by atoms with Gasteiger partial charge < -0.3 is 0 Å². The highest BCUT2D eigenvalue weighted by molar-refractivity contribution is 5.87. The second-order valence-electron chi connectivity index (χ2n) is 5.37. The van der Waals surface area contributed by atoms with E-state index in [1.165, 1.54) is 44.9 Å². The van der Waals surface area contributed by atoms with Gasteiger partial charge in [0.1, 0.15) is 5.78 Å². The van der Waals surface area contributed by atoms with Crippen molar-refractivity contribution in [3.05, 3.63) is 0 Å². The topological polar surface area (TPSA) is 17.1 Å². The molecular weight excluding hydrogens is 160 g/mol. The molecule has 4 aliphatic rings. The smallest absolute Gasteiger partial charge is 0.139 e. The number of hydrogen-bond acceptors (Lipinski definition) is 1. The summed E-state index contributed by atoms with van der Waals surface area (Å²) in [6.45, 7) is 0. The third-order valence-electron chi connectivity index (χ3n) is 4.85. The van der Waals surface area contributed by atoms with Crippen LogP contribution in [-0.2, 0) is 4.79 Å². The minimum absolute atomic E-state index is 0.201. The first kappa shape index (κ1) is 8.02. The Bertz CT molecular complexity index is 242. The first-order valence-electron chi connectivity index (χ1n) is 5.84. The highest BCUT2D eigenvalue weighted by atomic mass is 16.1. The zero-order valence-electron chi connectivity index (χ0n) is 8.22. The van der Waals surface area contributed by atoms with Crippen molar-refractivity contribution in [2.75, 3.05) is 0 Å². The molecule has 0 aromatic heterocycles. The molecule has 0 amide bonds. The highest BCUT2D eigenvalue weighted by Crippen LogP contribution is 2.57. The number of carbonyl (C=O) groups excluding carboxylic acids is 1. The molecule has 0 N–H and O–H groups in total. The second-order valence-corrected chi connectivity index (χ2v) is 5.37. The van der Waals surface area contributed by atoms with Crippen LogP contribution in [0.25, 0.3) is 0 Å². The molecule has 1 nitrogen and oxygen atoms in total. The Balaban J connectivity index is 1.97. The molecule has 2 bridgehead atoms. The molecule has 0 aromatic carbocycles. The monoisotopic (exact) mass is 178 g/mol. The molecular formula is C12H18O. The molecule has 4 aliphatic carbocycles. The zero-order valence-corrected chi connectivity index (χ0v) is 8.22. The lowest BCUT2D eigenvalue weighted by atomic mass is 9.50. The van der Waals surface area contributed by atoms with E-state index < -0.39 is 0 Å². The Hall–Kier alpha value is -0.330. The summed E-state index contributed by atoms with van der Waals surface area (Å²) in [6.07, 6.45) is 10.2. The van der Waals surface area contributed by atoms with Crippen LogP contribution in [0.15, 0.2) is 0 Å². The highest BCUT2D eigenvalue weighted by Gasteiger charge is 2.53. The van der Waals surface area contributed by atoms with Crippen LogP contribution in [0.2, 0.25) is 0 Å². The van der Waals surface area contributed by atoms with Gasteiger partial charge in [-0.2, -0.15) is 0 Å². The fourth-order valence-corrected chi connectivity index (χ4v) is 4.12. The van der Waals surface area contributed by atoms with Crippen molar-refractivity contribution in [2.24, 2.45) is 17.3 Å². The number of fused-ring (bicyclic) bond motifs is 2. The van der Waals surface area contributed by atoms with E-state index in [4.69, 9.17) is 0 Å². The van der Waals surface area contributed by atoms with Gasteiger partial charge in [-0.25, -0.2) is 0 Å². The van der Waals surface area contributed by atoms with Gasteiger partial charge in [0.05, 0.1) is 0 Å². The SMILES string of the molecule is O=C1CC2CCC13CCCCC3C2. The zero-order chi connectivity index (χ0) is 8.89. The summed E-state index contributed by atoms with van der Waals surface area (Å²) in [5.74, 6) is 2.21. The fourth-order valence-electron chi connectivity index (χ4n) is 4.12. The molecule has 4 saturated carbocycles. The summed E-state index contributed by atoms with van der Waals surface area (Å²) < 4.78 is 0. The molecule has 0 saturated heterocycles. The van der Waals surface area contributed by atoms with E-state index in [-0.39, 0.29) is 5.41 Å². The van der Waals surface area contributed by atoms with Crippen molar-refractivity contribution >= 4 is 5.78 Å². The Morgan fingerprint density at radius 3 is 2.85 bits per heavy atom. The third-order valence-corrected chi connectivity index (χ3v) is 4.85. The summed E-state index contributed by atoms with van der Waals surface area (Å²) >= 11 is 0. The lowest BCUT2D eigenvalue weighted by Crippen LogP contribution is -2.50. The standard InChI is InChI=1S/C12H18O/c13-11-8-9-4-6-12(11)5-2-1-3-10(12)7-9/h9-10H,1-8H2. The van der Waals surface area contributed by atoms with Crippen molar-refractivity contribution in [3.63, 3.8) is 0 Å². The minimum atomic E-state index is 0.201. The molecule has 0 radical (unpaired) electrons. The van der Waals surface area contributed by atoms with E-state index in [1.54, 1.807) is 0 Å². The first-order chi connectivity index (χ1) is 6.31.